The third-order valence-corrected chi connectivity index (χ3v) is 2.54. The van der Waals surface area contributed by atoms with Crippen LogP contribution >= 0.6 is 0 Å². The lowest BCUT2D eigenvalue weighted by Gasteiger charge is -1.84. The lowest BCUT2D eigenvalue weighted by atomic mass is 11.2. The Bertz CT molecular complexity index is 50.6. The van der Waals surface area contributed by atoms with Gasteiger partial charge in [0.1, 0.15) is 0 Å². The summed E-state index contributed by atoms with van der Waals surface area (Å²) in [6.07, 6.45) is 0. The number of hydrogen-bond donors (Lipinski definition) is 0. The van der Waals surface area contributed by atoms with Gasteiger partial charge in [0.15, 0.2) is 0 Å². The molecule has 0 heterocycles. The van der Waals surface area contributed by atoms with Gasteiger partial charge in [-0.2, -0.15) is 0 Å². The van der Waals surface area contributed by atoms with Crippen LogP contribution in [0.3, 0.4) is 0 Å². The van der Waals surface area contributed by atoms with Crippen LogP contribution in [-0.2, 0) is 0 Å². The van der Waals surface area contributed by atoms with E-state index >= 15 is 0 Å². The van der Waals surface area contributed by atoms with Crippen LogP contribution in [0, 0.1) is 0 Å². The molecule has 0 atom stereocenters. The minimum atomic E-state index is -0.535. The van der Waals surface area contributed by atoms with E-state index in [0.717, 1.165) is 0 Å². The minimum Gasteiger partial charge on any atom is -0.107 e. The summed E-state index contributed by atoms with van der Waals surface area (Å²) >= 11 is 0. The van der Waals surface area contributed by atoms with Crippen LogP contribution in [0.5, 0.6) is 0 Å². The monoisotopic (exact) mass is 110 g/mol. The average molecular weight is 110 g/mol. The molecular formula is C4H6Si2. The maximum Gasteiger partial charge on any atom is 0.0820 e. The van der Waals surface area contributed by atoms with Crippen LogP contribution in [0.25, 0.3) is 0 Å². The summed E-state index contributed by atoms with van der Waals surface area (Å²) in [4.78, 5) is 0. The zero-order valence-corrected chi connectivity index (χ0v) is 5.57. The summed E-state index contributed by atoms with van der Waals surface area (Å²) in [5.41, 5.74) is 3.74. The summed E-state index contributed by atoms with van der Waals surface area (Å²) in [5, 5.41) is 0. The Hall–Kier alpha value is -0.0862. The highest BCUT2D eigenvalue weighted by molar-refractivity contribution is 7.09. The van der Waals surface area contributed by atoms with Crippen molar-refractivity contribution in [1.82, 2.24) is 0 Å². The zero-order chi connectivity index (χ0) is 4.99. The van der Waals surface area contributed by atoms with Crippen LogP contribution in [0.15, 0.2) is 24.6 Å². The zero-order valence-electron chi connectivity index (χ0n) is 3.57. The molecule has 0 amide bonds. The van der Waals surface area contributed by atoms with Gasteiger partial charge in [-0.15, -0.1) is 24.6 Å². The fourth-order valence-corrected chi connectivity index (χ4v) is 0.250. The Morgan fingerprint density at radius 2 is 1.67 bits per heavy atom. The minimum absolute atomic E-state index is 0.535. The topological polar surface area (TPSA) is 0 Å². The van der Waals surface area contributed by atoms with E-state index in [-0.39, 0.29) is 0 Å². The van der Waals surface area contributed by atoms with Gasteiger partial charge in [-0.25, -0.2) is 0 Å². The average Bonchev–Trinajstić information content (AvgIpc) is 1.65. The van der Waals surface area contributed by atoms with Gasteiger partial charge >= 0.3 is 0 Å². The molecule has 0 rings (SSSR count). The van der Waals surface area contributed by atoms with E-state index < -0.39 is 8.31 Å². The molecule has 0 bridgehead atoms. The van der Waals surface area contributed by atoms with Crippen molar-refractivity contribution in [2.45, 2.75) is 0 Å². The van der Waals surface area contributed by atoms with E-state index in [1.165, 1.54) is 0 Å². The van der Waals surface area contributed by atoms with Gasteiger partial charge in [-0.05, 0) is 0 Å². The quantitative estimate of drug-likeness (QED) is 0.457. The molecule has 0 saturated heterocycles. The molecule has 0 aromatic rings. The SMILES string of the molecule is C=C[Si]([Si])C=C. The summed E-state index contributed by atoms with van der Waals surface area (Å²) in [7, 11) is 2.85. The molecule has 0 aromatic heterocycles. The fraction of sp³-hybridized carbons (Fsp3) is 0. The van der Waals surface area contributed by atoms with Crippen molar-refractivity contribution >= 4 is 18.1 Å². The van der Waals surface area contributed by atoms with Crippen molar-refractivity contribution in [3.05, 3.63) is 24.6 Å². The summed E-state index contributed by atoms with van der Waals surface area (Å²) in [5.74, 6) is 0. The Morgan fingerprint density at radius 3 is 1.67 bits per heavy atom. The highest BCUT2D eigenvalue weighted by atomic mass is 29.1. The molecule has 0 aliphatic rings. The van der Waals surface area contributed by atoms with Crippen molar-refractivity contribution in [2.24, 2.45) is 0 Å². The summed E-state index contributed by atoms with van der Waals surface area (Å²) in [6.45, 7) is 7.11. The Kier molecular flexibility index (Phi) is 3.07. The van der Waals surface area contributed by atoms with Crippen molar-refractivity contribution in [3.63, 3.8) is 0 Å². The lowest BCUT2D eigenvalue weighted by molar-refractivity contribution is 2.41. The molecule has 2 heteroatoms. The molecule has 0 N–H and O–H groups in total. The fourth-order valence-electron chi connectivity index (χ4n) is 0.0833. The molecular weight excluding hydrogens is 104 g/mol. The van der Waals surface area contributed by atoms with Crippen LogP contribution in [0.1, 0.15) is 0 Å². The molecule has 4 radical (unpaired) electrons. The lowest BCUT2D eigenvalue weighted by Crippen LogP contribution is -2.02. The van der Waals surface area contributed by atoms with Gasteiger partial charge in [0.05, 0.1) is 8.31 Å². The van der Waals surface area contributed by atoms with E-state index in [1.807, 2.05) is 11.4 Å². The van der Waals surface area contributed by atoms with Crippen molar-refractivity contribution in [2.75, 3.05) is 0 Å². The van der Waals surface area contributed by atoms with Gasteiger partial charge in [0.2, 0.25) is 0 Å². The normalized spacial score (nSPS) is 8.33. The molecule has 6 heavy (non-hydrogen) atoms. The van der Waals surface area contributed by atoms with Crippen LogP contribution in [-0.4, -0.2) is 18.1 Å². The predicted molar refractivity (Wildman–Crippen MR) is 31.9 cm³/mol. The molecule has 0 nitrogen and oxygen atoms in total. The molecule has 0 aromatic carbocycles. The van der Waals surface area contributed by atoms with Crippen molar-refractivity contribution in [1.29, 1.82) is 0 Å². The molecule has 0 saturated carbocycles. The molecule has 0 spiro atoms. The maximum atomic E-state index is 3.56. The molecule has 0 aliphatic heterocycles. The first-order valence-corrected chi connectivity index (χ1v) is 4.80. The molecule has 30 valence electrons. The van der Waals surface area contributed by atoms with E-state index in [9.17, 15) is 0 Å². The van der Waals surface area contributed by atoms with Gasteiger partial charge in [0.25, 0.3) is 0 Å². The van der Waals surface area contributed by atoms with Crippen LogP contribution in [0.2, 0.25) is 0 Å². The smallest absolute Gasteiger partial charge is 0.0820 e. The van der Waals surface area contributed by atoms with Crippen LogP contribution in [0.4, 0.5) is 0 Å². The molecule has 0 aliphatic carbocycles. The number of rotatable bonds is 2. The summed E-state index contributed by atoms with van der Waals surface area (Å²) < 4.78 is 0. The van der Waals surface area contributed by atoms with Crippen molar-refractivity contribution in [3.8, 4) is 0 Å². The van der Waals surface area contributed by atoms with E-state index in [0.29, 0.717) is 0 Å². The third-order valence-electron chi connectivity index (χ3n) is 0.440. The standard InChI is InChI=1S/C4H6Si2/c1-3-6(5)4-2/h3-4H,1-2H2. The third kappa shape index (κ3) is 2.17. The molecule has 0 unspecified atom stereocenters. The van der Waals surface area contributed by atoms with E-state index in [1.54, 1.807) is 0 Å². The van der Waals surface area contributed by atoms with Crippen molar-refractivity contribution < 1.29 is 0 Å². The first-order valence-electron chi connectivity index (χ1n) is 1.64. The first-order chi connectivity index (χ1) is 2.81. The van der Waals surface area contributed by atoms with Gasteiger partial charge < -0.3 is 0 Å². The Labute approximate surface area is 43.4 Å². The number of hydrogen-bond acceptors (Lipinski definition) is 0. The largest absolute Gasteiger partial charge is 0.107 e. The second-order valence-electron chi connectivity index (χ2n) is 0.864. The Balaban J connectivity index is 3.21. The van der Waals surface area contributed by atoms with Gasteiger partial charge in [-0.1, -0.05) is 0 Å². The molecule has 0 fully saturated rings. The second kappa shape index (κ2) is 3.12. The first kappa shape index (κ1) is 5.91. The Morgan fingerprint density at radius 1 is 1.33 bits per heavy atom. The summed E-state index contributed by atoms with van der Waals surface area (Å²) in [6, 6.07) is 0. The van der Waals surface area contributed by atoms with Gasteiger partial charge in [0, 0.05) is 9.76 Å². The van der Waals surface area contributed by atoms with Gasteiger partial charge in [-0.3, -0.25) is 0 Å². The maximum absolute atomic E-state index is 3.56. The van der Waals surface area contributed by atoms with Crippen LogP contribution < -0.4 is 0 Å². The second-order valence-corrected chi connectivity index (χ2v) is 4.32. The van der Waals surface area contributed by atoms with E-state index in [2.05, 4.69) is 22.9 Å². The van der Waals surface area contributed by atoms with E-state index in [4.69, 9.17) is 0 Å². The highest BCUT2D eigenvalue weighted by Crippen LogP contribution is 1.72. The highest BCUT2D eigenvalue weighted by Gasteiger charge is 1.83. The predicted octanol–water partition coefficient (Wildman–Crippen LogP) is 0.597.